The first-order valence-corrected chi connectivity index (χ1v) is 10.5. The summed E-state index contributed by atoms with van der Waals surface area (Å²) in [7, 11) is 0. The van der Waals surface area contributed by atoms with Crippen molar-refractivity contribution in [2.75, 3.05) is 37.7 Å². The van der Waals surface area contributed by atoms with Gasteiger partial charge in [0, 0.05) is 44.4 Å². The average molecular weight is 432 g/mol. The van der Waals surface area contributed by atoms with Gasteiger partial charge in [0.1, 0.15) is 5.82 Å². The second-order valence-electron chi connectivity index (χ2n) is 8.60. The molecule has 2 aromatic rings. The molecule has 8 nitrogen and oxygen atoms in total. The lowest BCUT2D eigenvalue weighted by molar-refractivity contribution is -0.152. The molecule has 1 saturated heterocycles. The first kappa shape index (κ1) is 22.7. The highest BCUT2D eigenvalue weighted by molar-refractivity contribution is 5.80. The number of carbonyl (C=O) groups is 2. The summed E-state index contributed by atoms with van der Waals surface area (Å²) in [6, 6.07) is 6.59. The van der Waals surface area contributed by atoms with E-state index in [0.717, 1.165) is 0 Å². The maximum atomic E-state index is 13.9. The van der Waals surface area contributed by atoms with Crippen LogP contribution in [-0.4, -0.2) is 59.7 Å². The van der Waals surface area contributed by atoms with Crippen molar-refractivity contribution in [3.8, 4) is 0 Å². The van der Waals surface area contributed by atoms with Gasteiger partial charge in [-0.1, -0.05) is 38.1 Å². The lowest BCUT2D eigenvalue weighted by Gasteiger charge is -2.36. The number of halogens is 1. The first-order valence-electron chi connectivity index (χ1n) is 10.5. The Morgan fingerprint density at radius 1 is 1.16 bits per heavy atom. The highest BCUT2D eigenvalue weighted by Gasteiger charge is 2.24. The largest absolute Gasteiger partial charge is 0.456 e. The zero-order valence-corrected chi connectivity index (χ0v) is 18.3. The normalized spacial score (nSPS) is 14.6. The van der Waals surface area contributed by atoms with Crippen LogP contribution in [-0.2, 0) is 26.2 Å². The monoisotopic (exact) mass is 432 g/mol. The van der Waals surface area contributed by atoms with Gasteiger partial charge in [-0.2, -0.15) is 4.98 Å². The number of hydrogen-bond donors (Lipinski definition) is 0. The molecule has 168 valence electrons. The number of anilines is 1. The maximum Gasteiger partial charge on any atom is 0.306 e. The molecule has 0 saturated carbocycles. The summed E-state index contributed by atoms with van der Waals surface area (Å²) in [5.74, 6) is 0.167. The summed E-state index contributed by atoms with van der Waals surface area (Å²) in [5.41, 5.74) is 0.346. The van der Waals surface area contributed by atoms with E-state index in [2.05, 4.69) is 10.1 Å². The minimum Gasteiger partial charge on any atom is -0.456 e. The van der Waals surface area contributed by atoms with Crippen molar-refractivity contribution in [2.24, 2.45) is 0 Å². The zero-order valence-electron chi connectivity index (χ0n) is 18.3. The van der Waals surface area contributed by atoms with Crippen molar-refractivity contribution in [1.82, 2.24) is 15.0 Å². The van der Waals surface area contributed by atoms with Crippen LogP contribution in [0.2, 0.25) is 0 Å². The standard InChI is InChI=1S/C22H29FN4O4/c1-22(2,3)21-24-18(31-25-21)9-6-10-20(29)30-15-19(28)27-13-11-26(12-14-27)17-8-5-4-7-16(17)23/h4-5,7-8H,6,9-15H2,1-3H3. The van der Waals surface area contributed by atoms with Gasteiger partial charge in [-0.3, -0.25) is 9.59 Å². The molecule has 0 radical (unpaired) electrons. The van der Waals surface area contributed by atoms with Crippen LogP contribution in [0.1, 0.15) is 45.3 Å². The lowest BCUT2D eigenvalue weighted by Crippen LogP contribution is -2.50. The Labute approximate surface area is 181 Å². The molecule has 2 heterocycles. The van der Waals surface area contributed by atoms with Gasteiger partial charge in [0.25, 0.3) is 5.91 Å². The predicted molar refractivity (Wildman–Crippen MR) is 112 cm³/mol. The number of para-hydroxylation sites is 1. The third-order valence-electron chi connectivity index (χ3n) is 5.09. The van der Waals surface area contributed by atoms with Gasteiger partial charge in [-0.15, -0.1) is 0 Å². The van der Waals surface area contributed by atoms with Crippen LogP contribution in [0.15, 0.2) is 28.8 Å². The van der Waals surface area contributed by atoms with E-state index in [-0.39, 0.29) is 30.2 Å². The second-order valence-corrected chi connectivity index (χ2v) is 8.60. The van der Waals surface area contributed by atoms with Crippen molar-refractivity contribution in [1.29, 1.82) is 0 Å². The third kappa shape index (κ3) is 6.26. The van der Waals surface area contributed by atoms with Gasteiger partial charge >= 0.3 is 5.97 Å². The smallest absolute Gasteiger partial charge is 0.306 e. The van der Waals surface area contributed by atoms with Crippen molar-refractivity contribution in [3.63, 3.8) is 0 Å². The van der Waals surface area contributed by atoms with E-state index in [4.69, 9.17) is 9.26 Å². The van der Waals surface area contributed by atoms with E-state index in [9.17, 15) is 14.0 Å². The third-order valence-corrected chi connectivity index (χ3v) is 5.09. The fourth-order valence-corrected chi connectivity index (χ4v) is 3.26. The van der Waals surface area contributed by atoms with Crippen LogP contribution < -0.4 is 4.90 Å². The van der Waals surface area contributed by atoms with Crippen molar-refractivity contribution >= 4 is 17.6 Å². The molecule has 0 aliphatic carbocycles. The summed E-state index contributed by atoms with van der Waals surface area (Å²) < 4.78 is 24.2. The molecule has 0 bridgehead atoms. The number of amides is 1. The van der Waals surface area contributed by atoms with Crippen molar-refractivity contribution in [3.05, 3.63) is 41.8 Å². The molecule has 9 heteroatoms. The first-order chi connectivity index (χ1) is 14.7. The summed E-state index contributed by atoms with van der Waals surface area (Å²) in [5, 5.41) is 3.95. The Morgan fingerprint density at radius 2 is 1.87 bits per heavy atom. The molecule has 31 heavy (non-hydrogen) atoms. The van der Waals surface area contributed by atoms with Gasteiger partial charge in [0.2, 0.25) is 5.89 Å². The van der Waals surface area contributed by atoms with Crippen LogP contribution in [0.4, 0.5) is 10.1 Å². The van der Waals surface area contributed by atoms with Crippen LogP contribution in [0.25, 0.3) is 0 Å². The highest BCUT2D eigenvalue weighted by atomic mass is 19.1. The highest BCUT2D eigenvalue weighted by Crippen LogP contribution is 2.20. The Bertz CT molecular complexity index is 901. The molecule has 0 atom stereocenters. The van der Waals surface area contributed by atoms with E-state index in [1.807, 2.05) is 25.7 Å². The topological polar surface area (TPSA) is 88.8 Å². The van der Waals surface area contributed by atoms with Gasteiger partial charge in [-0.25, -0.2) is 4.39 Å². The fraction of sp³-hybridized carbons (Fsp3) is 0.545. The minimum atomic E-state index is -0.436. The van der Waals surface area contributed by atoms with E-state index in [0.29, 0.717) is 56.4 Å². The Hall–Kier alpha value is -2.97. The fourth-order valence-electron chi connectivity index (χ4n) is 3.26. The zero-order chi connectivity index (χ0) is 22.4. The van der Waals surface area contributed by atoms with Gasteiger partial charge < -0.3 is 19.1 Å². The molecule has 1 aromatic heterocycles. The summed E-state index contributed by atoms with van der Waals surface area (Å²) in [6.45, 7) is 7.67. The SMILES string of the molecule is CC(C)(C)c1noc(CCCC(=O)OCC(=O)N2CCN(c3ccccc3F)CC2)n1. The Balaban J connectivity index is 1.35. The van der Waals surface area contributed by atoms with Crippen molar-refractivity contribution < 1.29 is 23.2 Å². The molecule has 0 unspecified atom stereocenters. The van der Waals surface area contributed by atoms with E-state index >= 15 is 0 Å². The molecular formula is C22H29FN4O4. The van der Waals surface area contributed by atoms with Crippen LogP contribution in [0.3, 0.4) is 0 Å². The predicted octanol–water partition coefficient (Wildman–Crippen LogP) is 2.72. The van der Waals surface area contributed by atoms with E-state index in [1.54, 1.807) is 23.1 Å². The molecule has 1 amide bonds. The summed E-state index contributed by atoms with van der Waals surface area (Å²) in [4.78, 5) is 32.2. The quantitative estimate of drug-likeness (QED) is 0.622. The summed E-state index contributed by atoms with van der Waals surface area (Å²) in [6.07, 6.45) is 1.14. The number of nitrogens with zero attached hydrogens (tertiary/aromatic N) is 4. The molecule has 3 rings (SSSR count). The molecule has 0 N–H and O–H groups in total. The molecule has 1 fully saturated rings. The number of rotatable bonds is 7. The molecule has 0 spiro atoms. The number of benzene rings is 1. The molecule has 1 aromatic carbocycles. The lowest BCUT2D eigenvalue weighted by atomic mass is 9.96. The minimum absolute atomic E-state index is 0.168. The van der Waals surface area contributed by atoms with E-state index in [1.165, 1.54) is 6.07 Å². The number of carbonyl (C=O) groups excluding carboxylic acids is 2. The van der Waals surface area contributed by atoms with Crippen LogP contribution in [0, 0.1) is 5.82 Å². The number of esters is 1. The number of ether oxygens (including phenoxy) is 1. The number of piperazine rings is 1. The molecule has 1 aliphatic heterocycles. The molecular weight excluding hydrogens is 403 g/mol. The van der Waals surface area contributed by atoms with Gasteiger partial charge in [0.15, 0.2) is 12.4 Å². The Kier molecular flexibility index (Phi) is 7.25. The molecule has 1 aliphatic rings. The number of aryl methyl sites for hydroxylation is 1. The number of hydrogen-bond acceptors (Lipinski definition) is 7. The second kappa shape index (κ2) is 9.89. The van der Waals surface area contributed by atoms with Crippen LogP contribution in [0.5, 0.6) is 0 Å². The number of aromatic nitrogens is 2. The van der Waals surface area contributed by atoms with Gasteiger partial charge in [-0.05, 0) is 18.6 Å². The maximum absolute atomic E-state index is 13.9. The van der Waals surface area contributed by atoms with Crippen LogP contribution >= 0.6 is 0 Å². The van der Waals surface area contributed by atoms with Gasteiger partial charge in [0.05, 0.1) is 5.69 Å². The van der Waals surface area contributed by atoms with Crippen molar-refractivity contribution in [2.45, 2.75) is 45.4 Å². The Morgan fingerprint density at radius 3 is 2.52 bits per heavy atom. The summed E-state index contributed by atoms with van der Waals surface area (Å²) >= 11 is 0. The average Bonchev–Trinajstić information content (AvgIpc) is 3.22. The van der Waals surface area contributed by atoms with E-state index < -0.39 is 5.97 Å².